The largest absolute Gasteiger partial charge is 0.0955 e. The van der Waals surface area contributed by atoms with Gasteiger partial charge in [-0.05, 0) is 48.3 Å². The fourth-order valence-corrected chi connectivity index (χ4v) is 5.32. The summed E-state index contributed by atoms with van der Waals surface area (Å²) in [5.41, 5.74) is 4.09. The number of fused-ring (bicyclic) bond motifs is 1. The highest BCUT2D eigenvalue weighted by atomic mass is 14.7. The zero-order valence-electron chi connectivity index (χ0n) is 11.1. The van der Waals surface area contributed by atoms with E-state index in [2.05, 4.69) is 40.3 Å². The van der Waals surface area contributed by atoms with E-state index in [1.165, 1.54) is 24.8 Å². The quantitative estimate of drug-likeness (QED) is 0.556. The molecule has 4 rings (SSSR count). The van der Waals surface area contributed by atoms with Crippen LogP contribution in [0, 0.1) is 28.6 Å². The maximum atomic E-state index is 4.34. The van der Waals surface area contributed by atoms with Crippen LogP contribution in [0.2, 0.25) is 0 Å². The molecule has 0 N–H and O–H groups in total. The van der Waals surface area contributed by atoms with E-state index in [9.17, 15) is 0 Å². The van der Waals surface area contributed by atoms with Crippen molar-refractivity contribution in [1.82, 2.24) is 0 Å². The molecule has 0 nitrogen and oxygen atoms in total. The van der Waals surface area contributed by atoms with Gasteiger partial charge in [-0.3, -0.25) is 0 Å². The monoisotopic (exact) mass is 216 g/mol. The molecule has 0 aromatic heterocycles. The van der Waals surface area contributed by atoms with Gasteiger partial charge in [0, 0.05) is 0 Å². The van der Waals surface area contributed by atoms with Crippen molar-refractivity contribution in [2.45, 2.75) is 47.0 Å². The van der Waals surface area contributed by atoms with E-state index in [0.29, 0.717) is 10.8 Å². The SMILES string of the molecule is C=C1C=C(C)C2C3C1[C@@]2(C)CCCC3(C)C. The van der Waals surface area contributed by atoms with Crippen LogP contribution in [0.4, 0.5) is 0 Å². The lowest BCUT2D eigenvalue weighted by atomic mass is 9.37. The molecule has 4 aliphatic rings. The second kappa shape index (κ2) is 2.83. The summed E-state index contributed by atoms with van der Waals surface area (Å²) in [5, 5.41) is 0. The van der Waals surface area contributed by atoms with Gasteiger partial charge in [0.05, 0.1) is 0 Å². The van der Waals surface area contributed by atoms with E-state index < -0.39 is 0 Å². The Morgan fingerprint density at radius 3 is 2.50 bits per heavy atom. The van der Waals surface area contributed by atoms with Crippen LogP contribution in [0.5, 0.6) is 0 Å². The highest BCUT2D eigenvalue weighted by molar-refractivity contribution is 5.41. The Balaban J connectivity index is 2.13. The Hall–Kier alpha value is -0.520. The molecule has 0 heterocycles. The minimum absolute atomic E-state index is 0.518. The summed E-state index contributed by atoms with van der Waals surface area (Å²) >= 11 is 0. The van der Waals surface area contributed by atoms with Gasteiger partial charge in [0.15, 0.2) is 0 Å². The lowest BCUT2D eigenvalue weighted by molar-refractivity contribution is -0.115. The molecule has 3 unspecified atom stereocenters. The van der Waals surface area contributed by atoms with Crippen LogP contribution in [0.15, 0.2) is 23.8 Å². The maximum absolute atomic E-state index is 4.34. The maximum Gasteiger partial charge on any atom is -0.00687 e. The van der Waals surface area contributed by atoms with Crippen LogP contribution in [0.3, 0.4) is 0 Å². The van der Waals surface area contributed by atoms with Crippen molar-refractivity contribution in [2.75, 3.05) is 0 Å². The molecule has 2 saturated carbocycles. The van der Waals surface area contributed by atoms with Crippen molar-refractivity contribution < 1.29 is 0 Å². The first kappa shape index (κ1) is 10.6. The van der Waals surface area contributed by atoms with Gasteiger partial charge in [-0.25, -0.2) is 0 Å². The van der Waals surface area contributed by atoms with Gasteiger partial charge >= 0.3 is 0 Å². The van der Waals surface area contributed by atoms with E-state index in [-0.39, 0.29) is 0 Å². The van der Waals surface area contributed by atoms with Gasteiger partial charge in [-0.1, -0.05) is 51.0 Å². The summed E-state index contributed by atoms with van der Waals surface area (Å²) in [5.74, 6) is 2.50. The average Bonchev–Trinajstić information content (AvgIpc) is 2.28. The number of hydrogen-bond donors (Lipinski definition) is 0. The van der Waals surface area contributed by atoms with Crippen molar-refractivity contribution in [1.29, 1.82) is 0 Å². The van der Waals surface area contributed by atoms with E-state index in [0.717, 1.165) is 17.8 Å². The number of allylic oxidation sites excluding steroid dienone is 3. The summed E-state index contributed by atoms with van der Waals surface area (Å²) in [6, 6.07) is 0. The number of hydrogen-bond acceptors (Lipinski definition) is 0. The van der Waals surface area contributed by atoms with Gasteiger partial charge in [0.2, 0.25) is 0 Å². The second-order valence-corrected chi connectivity index (χ2v) is 7.29. The van der Waals surface area contributed by atoms with Gasteiger partial charge < -0.3 is 0 Å². The highest BCUT2D eigenvalue weighted by Crippen LogP contribution is 2.73. The molecule has 4 aliphatic carbocycles. The zero-order valence-corrected chi connectivity index (χ0v) is 11.1. The van der Waals surface area contributed by atoms with Gasteiger partial charge in [0.1, 0.15) is 0 Å². The third kappa shape index (κ3) is 1.02. The standard InChI is InChI=1S/C16H24/c1-10-9-11(2)13-14-12(10)16(13,5)8-6-7-15(14,3)4/h9,12-14H,1,6-8H2,2-5H3/t12?,13?,14?,16-/m1/s1. The highest BCUT2D eigenvalue weighted by Gasteiger charge is 2.66. The zero-order chi connectivity index (χ0) is 11.7. The predicted octanol–water partition coefficient (Wildman–Crippen LogP) is 4.58. The van der Waals surface area contributed by atoms with Crippen molar-refractivity contribution in [3.8, 4) is 0 Å². The van der Waals surface area contributed by atoms with Crippen LogP contribution in [-0.2, 0) is 0 Å². The van der Waals surface area contributed by atoms with Crippen LogP contribution in [-0.4, -0.2) is 0 Å². The molecule has 4 atom stereocenters. The fourth-order valence-electron chi connectivity index (χ4n) is 5.32. The normalized spacial score (nSPS) is 49.1. The minimum Gasteiger partial charge on any atom is -0.0955 e. The average molecular weight is 216 g/mol. The molecule has 0 aliphatic heterocycles. The first-order valence-electron chi connectivity index (χ1n) is 6.75. The molecule has 0 radical (unpaired) electrons. The fraction of sp³-hybridized carbons (Fsp3) is 0.750. The Kier molecular flexibility index (Phi) is 1.88. The molecule has 16 heavy (non-hydrogen) atoms. The first-order valence-corrected chi connectivity index (χ1v) is 6.75. The van der Waals surface area contributed by atoms with Crippen LogP contribution < -0.4 is 0 Å². The third-order valence-corrected chi connectivity index (χ3v) is 5.88. The summed E-state index contributed by atoms with van der Waals surface area (Å²) in [7, 11) is 0. The van der Waals surface area contributed by atoms with Crippen LogP contribution in [0.1, 0.15) is 47.0 Å². The Morgan fingerprint density at radius 1 is 1.19 bits per heavy atom. The van der Waals surface area contributed by atoms with Crippen molar-refractivity contribution in [3.63, 3.8) is 0 Å². The summed E-state index contributed by atoms with van der Waals surface area (Å²) in [6.07, 6.45) is 6.59. The van der Waals surface area contributed by atoms with E-state index in [1.807, 2.05) is 0 Å². The molecule has 88 valence electrons. The van der Waals surface area contributed by atoms with Gasteiger partial charge in [-0.15, -0.1) is 0 Å². The second-order valence-electron chi connectivity index (χ2n) is 7.29. The Labute approximate surface area is 99.8 Å². The van der Waals surface area contributed by atoms with Crippen molar-refractivity contribution >= 4 is 0 Å². The van der Waals surface area contributed by atoms with E-state index in [4.69, 9.17) is 0 Å². The van der Waals surface area contributed by atoms with E-state index in [1.54, 1.807) is 5.57 Å². The molecule has 0 heteroatoms. The third-order valence-electron chi connectivity index (χ3n) is 5.88. The Morgan fingerprint density at radius 2 is 1.88 bits per heavy atom. The molecule has 2 fully saturated rings. The van der Waals surface area contributed by atoms with Crippen LogP contribution in [0.25, 0.3) is 0 Å². The lowest BCUT2D eigenvalue weighted by Crippen LogP contribution is -2.60. The summed E-state index contributed by atoms with van der Waals surface area (Å²) in [4.78, 5) is 0. The molecular formula is C16H24. The summed E-state index contributed by atoms with van der Waals surface area (Å²) < 4.78 is 0. The molecule has 0 saturated heterocycles. The van der Waals surface area contributed by atoms with Gasteiger partial charge in [-0.2, -0.15) is 0 Å². The molecule has 0 aromatic carbocycles. The molecule has 0 amide bonds. The molecular weight excluding hydrogens is 192 g/mol. The van der Waals surface area contributed by atoms with Crippen LogP contribution >= 0.6 is 0 Å². The smallest absolute Gasteiger partial charge is 0.00687 e. The topological polar surface area (TPSA) is 0 Å². The van der Waals surface area contributed by atoms with Crippen molar-refractivity contribution in [2.24, 2.45) is 28.6 Å². The first-order chi connectivity index (χ1) is 7.38. The Bertz CT molecular complexity index is 385. The predicted molar refractivity (Wildman–Crippen MR) is 69.1 cm³/mol. The number of rotatable bonds is 0. The molecule has 0 aromatic rings. The molecule has 4 bridgehead atoms. The van der Waals surface area contributed by atoms with Gasteiger partial charge in [0.25, 0.3) is 0 Å². The minimum atomic E-state index is 0.518. The molecule has 0 spiro atoms. The van der Waals surface area contributed by atoms with Crippen molar-refractivity contribution in [3.05, 3.63) is 23.8 Å². The summed E-state index contributed by atoms with van der Waals surface area (Å²) in [6.45, 7) is 14.2. The van der Waals surface area contributed by atoms with E-state index >= 15 is 0 Å². The lowest BCUT2D eigenvalue weighted by Gasteiger charge is -2.66.